The number of nitrogens with zero attached hydrogens (tertiary/aromatic N) is 1. The molecule has 94 valence electrons. The summed E-state index contributed by atoms with van der Waals surface area (Å²) >= 11 is 3.68. The van der Waals surface area contributed by atoms with Crippen molar-refractivity contribution in [2.24, 2.45) is 5.92 Å². The molecule has 0 radical (unpaired) electrons. The second kappa shape index (κ2) is 5.87. The number of hydrogen-bond donors (Lipinski definition) is 1. The molecule has 0 atom stereocenters. The summed E-state index contributed by atoms with van der Waals surface area (Å²) < 4.78 is 1.20. The van der Waals surface area contributed by atoms with Crippen LogP contribution in [0.1, 0.15) is 25.3 Å². The van der Waals surface area contributed by atoms with E-state index in [1.165, 1.54) is 35.1 Å². The largest absolute Gasteiger partial charge is 0.373 e. The fourth-order valence-electron chi connectivity index (χ4n) is 2.03. The maximum Gasteiger partial charge on any atom is 0.0508 e. The summed E-state index contributed by atoms with van der Waals surface area (Å²) in [5.41, 5.74) is 2.64. The molecule has 1 aliphatic carbocycles. The number of halogens is 1. The lowest BCUT2D eigenvalue weighted by Crippen LogP contribution is -2.20. The summed E-state index contributed by atoms with van der Waals surface area (Å²) in [6, 6.07) is 6.66. The summed E-state index contributed by atoms with van der Waals surface area (Å²) in [6.07, 6.45) is 2.81. The van der Waals surface area contributed by atoms with Crippen LogP contribution in [-0.2, 0) is 6.54 Å². The maximum absolute atomic E-state index is 3.68. The third-order valence-corrected chi connectivity index (χ3v) is 3.87. The van der Waals surface area contributed by atoms with Gasteiger partial charge in [-0.05, 0) is 58.9 Å². The van der Waals surface area contributed by atoms with E-state index in [2.05, 4.69) is 58.3 Å². The van der Waals surface area contributed by atoms with E-state index < -0.39 is 0 Å². The molecule has 1 fully saturated rings. The second-order valence-electron chi connectivity index (χ2n) is 4.89. The molecule has 0 spiro atoms. The molecule has 2 rings (SSSR count). The van der Waals surface area contributed by atoms with Gasteiger partial charge in [-0.15, -0.1) is 0 Å². The average Bonchev–Trinajstić information content (AvgIpc) is 3.10. The standard InChI is InChI=1S/C14H21BrN2/c1-3-16-9-12-6-7-14(13(15)8-12)17(2)10-11-4-5-11/h6-8,11,16H,3-5,9-10H2,1-2H3. The zero-order valence-corrected chi connectivity index (χ0v) is 12.3. The SMILES string of the molecule is CCNCc1ccc(N(C)CC2CC2)c(Br)c1. The molecule has 1 saturated carbocycles. The van der Waals surface area contributed by atoms with Gasteiger partial charge in [-0.25, -0.2) is 0 Å². The Morgan fingerprint density at radius 1 is 1.41 bits per heavy atom. The Balaban J connectivity index is 2.01. The van der Waals surface area contributed by atoms with Crippen molar-refractivity contribution < 1.29 is 0 Å². The first-order valence-electron chi connectivity index (χ1n) is 6.41. The van der Waals surface area contributed by atoms with E-state index in [0.29, 0.717) is 0 Å². The third kappa shape index (κ3) is 3.71. The van der Waals surface area contributed by atoms with Gasteiger partial charge in [-0.3, -0.25) is 0 Å². The van der Waals surface area contributed by atoms with E-state index in [4.69, 9.17) is 0 Å². The van der Waals surface area contributed by atoms with Crippen molar-refractivity contribution in [2.45, 2.75) is 26.3 Å². The highest BCUT2D eigenvalue weighted by atomic mass is 79.9. The Labute approximate surface area is 113 Å². The molecule has 1 aromatic carbocycles. The Morgan fingerprint density at radius 3 is 2.76 bits per heavy atom. The third-order valence-electron chi connectivity index (χ3n) is 3.23. The minimum atomic E-state index is 0.924. The minimum absolute atomic E-state index is 0.924. The van der Waals surface area contributed by atoms with Crippen LogP contribution in [0.15, 0.2) is 22.7 Å². The zero-order valence-electron chi connectivity index (χ0n) is 10.7. The Kier molecular flexibility index (Phi) is 4.46. The van der Waals surface area contributed by atoms with Crippen molar-refractivity contribution in [1.29, 1.82) is 0 Å². The molecule has 0 unspecified atom stereocenters. The highest BCUT2D eigenvalue weighted by Gasteiger charge is 2.23. The summed E-state index contributed by atoms with van der Waals surface area (Å²) in [4.78, 5) is 2.36. The van der Waals surface area contributed by atoms with E-state index in [0.717, 1.165) is 19.0 Å². The lowest BCUT2D eigenvalue weighted by atomic mass is 10.2. The van der Waals surface area contributed by atoms with Crippen LogP contribution in [0.3, 0.4) is 0 Å². The molecule has 3 heteroatoms. The van der Waals surface area contributed by atoms with Crippen LogP contribution in [0.5, 0.6) is 0 Å². The first-order valence-corrected chi connectivity index (χ1v) is 7.20. The van der Waals surface area contributed by atoms with Crippen molar-refractivity contribution in [3.8, 4) is 0 Å². The van der Waals surface area contributed by atoms with E-state index in [1.54, 1.807) is 0 Å². The first-order chi connectivity index (χ1) is 8.20. The van der Waals surface area contributed by atoms with Gasteiger partial charge in [-0.1, -0.05) is 13.0 Å². The average molecular weight is 297 g/mol. The van der Waals surface area contributed by atoms with Crippen molar-refractivity contribution in [1.82, 2.24) is 5.32 Å². The summed E-state index contributed by atoms with van der Waals surface area (Å²) in [7, 11) is 2.18. The lowest BCUT2D eigenvalue weighted by molar-refractivity contribution is 0.726. The minimum Gasteiger partial charge on any atom is -0.373 e. The molecule has 0 aromatic heterocycles. The summed E-state index contributed by atoms with van der Waals surface area (Å²) in [6.45, 7) is 5.28. The highest BCUT2D eigenvalue weighted by molar-refractivity contribution is 9.10. The van der Waals surface area contributed by atoms with Gasteiger partial charge in [0, 0.05) is 24.6 Å². The van der Waals surface area contributed by atoms with Crippen molar-refractivity contribution in [2.75, 3.05) is 25.0 Å². The molecule has 0 saturated heterocycles. The van der Waals surface area contributed by atoms with Crippen LogP contribution >= 0.6 is 15.9 Å². The van der Waals surface area contributed by atoms with Gasteiger partial charge in [-0.2, -0.15) is 0 Å². The number of hydrogen-bond acceptors (Lipinski definition) is 2. The molecule has 0 aliphatic heterocycles. The van der Waals surface area contributed by atoms with Crippen LogP contribution in [-0.4, -0.2) is 20.1 Å². The second-order valence-corrected chi connectivity index (χ2v) is 5.74. The van der Waals surface area contributed by atoms with E-state index >= 15 is 0 Å². The molecule has 0 heterocycles. The van der Waals surface area contributed by atoms with E-state index in [9.17, 15) is 0 Å². The molecule has 2 nitrogen and oxygen atoms in total. The van der Waals surface area contributed by atoms with Crippen molar-refractivity contribution >= 4 is 21.6 Å². The number of benzene rings is 1. The van der Waals surface area contributed by atoms with Crippen LogP contribution in [0.25, 0.3) is 0 Å². The molecular weight excluding hydrogens is 276 g/mol. The van der Waals surface area contributed by atoms with Crippen molar-refractivity contribution in [3.63, 3.8) is 0 Å². The zero-order chi connectivity index (χ0) is 12.3. The van der Waals surface area contributed by atoms with Gasteiger partial charge in [0.05, 0.1) is 5.69 Å². The van der Waals surface area contributed by atoms with Crippen LogP contribution < -0.4 is 10.2 Å². The first kappa shape index (κ1) is 12.9. The smallest absolute Gasteiger partial charge is 0.0508 e. The predicted octanol–water partition coefficient (Wildman–Crippen LogP) is 3.40. The fourth-order valence-corrected chi connectivity index (χ4v) is 2.75. The Hall–Kier alpha value is -0.540. The van der Waals surface area contributed by atoms with Crippen LogP contribution in [0.2, 0.25) is 0 Å². The summed E-state index contributed by atoms with van der Waals surface area (Å²) in [5.74, 6) is 0.924. The Morgan fingerprint density at radius 2 is 2.18 bits per heavy atom. The van der Waals surface area contributed by atoms with Gasteiger partial charge in [0.1, 0.15) is 0 Å². The molecule has 1 aromatic rings. The highest BCUT2D eigenvalue weighted by Crippen LogP contribution is 2.33. The van der Waals surface area contributed by atoms with Gasteiger partial charge in [0.25, 0.3) is 0 Å². The molecular formula is C14H21BrN2. The maximum atomic E-state index is 3.68. The van der Waals surface area contributed by atoms with Crippen LogP contribution in [0, 0.1) is 5.92 Å². The molecule has 1 aliphatic rings. The Bertz CT molecular complexity index is 374. The molecule has 0 amide bonds. The quantitative estimate of drug-likeness (QED) is 0.865. The number of nitrogens with one attached hydrogen (secondary N) is 1. The molecule has 17 heavy (non-hydrogen) atoms. The predicted molar refractivity (Wildman–Crippen MR) is 77.5 cm³/mol. The van der Waals surface area contributed by atoms with Gasteiger partial charge in [0.2, 0.25) is 0 Å². The number of rotatable bonds is 6. The number of anilines is 1. The van der Waals surface area contributed by atoms with Crippen molar-refractivity contribution in [3.05, 3.63) is 28.2 Å². The van der Waals surface area contributed by atoms with Crippen LogP contribution in [0.4, 0.5) is 5.69 Å². The topological polar surface area (TPSA) is 15.3 Å². The summed E-state index contributed by atoms with van der Waals surface area (Å²) in [5, 5.41) is 3.35. The van der Waals surface area contributed by atoms with Gasteiger partial charge < -0.3 is 10.2 Å². The van der Waals surface area contributed by atoms with Gasteiger partial charge in [0.15, 0.2) is 0 Å². The molecule has 1 N–H and O–H groups in total. The monoisotopic (exact) mass is 296 g/mol. The lowest BCUT2D eigenvalue weighted by Gasteiger charge is -2.21. The molecule has 0 bridgehead atoms. The fraction of sp³-hybridized carbons (Fsp3) is 0.571. The van der Waals surface area contributed by atoms with E-state index in [-0.39, 0.29) is 0 Å². The normalized spacial score (nSPS) is 15.0. The van der Waals surface area contributed by atoms with Gasteiger partial charge >= 0.3 is 0 Å². The van der Waals surface area contributed by atoms with E-state index in [1.807, 2.05) is 0 Å².